The number of carbonyl (C=O) groups is 2. The number of benzene rings is 2. The monoisotopic (exact) mass is 458 g/mol. The van der Waals surface area contributed by atoms with Gasteiger partial charge in [0.15, 0.2) is 0 Å². The summed E-state index contributed by atoms with van der Waals surface area (Å²) in [4.78, 5) is 32.0. The van der Waals surface area contributed by atoms with Crippen molar-refractivity contribution in [2.75, 3.05) is 14.2 Å². The fourth-order valence-electron chi connectivity index (χ4n) is 4.27. The van der Waals surface area contributed by atoms with E-state index in [9.17, 15) is 14.7 Å². The number of Topliss-reactive ketones (excluding diaryl/α,β-unsaturated/α-hetero) is 1. The molecule has 0 aliphatic carbocycles. The van der Waals surface area contributed by atoms with E-state index in [1.165, 1.54) is 4.90 Å². The van der Waals surface area contributed by atoms with Gasteiger partial charge < -0.3 is 19.5 Å². The number of rotatable bonds is 6. The van der Waals surface area contributed by atoms with Crippen molar-refractivity contribution in [3.8, 4) is 11.5 Å². The minimum absolute atomic E-state index is 0.0479. The molecular weight excluding hydrogens is 432 g/mol. The highest BCUT2D eigenvalue weighted by molar-refractivity contribution is 6.46. The molecule has 7 heteroatoms. The van der Waals surface area contributed by atoms with E-state index in [1.807, 2.05) is 19.9 Å². The summed E-state index contributed by atoms with van der Waals surface area (Å²) in [6, 6.07) is 13.5. The van der Waals surface area contributed by atoms with Gasteiger partial charge in [0.2, 0.25) is 0 Å². The first kappa shape index (κ1) is 23.0. The third kappa shape index (κ3) is 4.12. The molecule has 2 heterocycles. The number of pyridine rings is 1. The standard InChI is InChI=1S/C27H26N2O5/c1-16-13-22(34-4)17(2)12-21(16)25(30)23-24(19-7-9-20(33-3)10-8-19)29(27(32)26(23)31)15-18-6-5-11-28-14-18/h5-14,24,30H,15H2,1-4H3/b25-23+. The van der Waals surface area contributed by atoms with E-state index in [0.29, 0.717) is 22.6 Å². The van der Waals surface area contributed by atoms with Gasteiger partial charge in [-0.25, -0.2) is 0 Å². The van der Waals surface area contributed by atoms with Crippen LogP contribution in [0.5, 0.6) is 11.5 Å². The lowest BCUT2D eigenvalue weighted by Crippen LogP contribution is -2.29. The van der Waals surface area contributed by atoms with Gasteiger partial charge in [0, 0.05) is 24.5 Å². The number of aliphatic hydroxyl groups excluding tert-OH is 1. The van der Waals surface area contributed by atoms with Crippen LogP contribution >= 0.6 is 0 Å². The Morgan fingerprint density at radius 3 is 2.38 bits per heavy atom. The fourth-order valence-corrected chi connectivity index (χ4v) is 4.27. The highest BCUT2D eigenvalue weighted by Crippen LogP contribution is 2.41. The average molecular weight is 459 g/mol. The van der Waals surface area contributed by atoms with Crippen molar-refractivity contribution in [2.45, 2.75) is 26.4 Å². The molecule has 4 rings (SSSR count). The summed E-state index contributed by atoms with van der Waals surface area (Å²) in [5, 5.41) is 11.4. The molecule has 1 atom stereocenters. The van der Waals surface area contributed by atoms with E-state index in [0.717, 1.165) is 16.7 Å². The van der Waals surface area contributed by atoms with Crippen molar-refractivity contribution < 1.29 is 24.2 Å². The van der Waals surface area contributed by atoms with Crippen molar-refractivity contribution in [2.24, 2.45) is 0 Å². The van der Waals surface area contributed by atoms with Gasteiger partial charge in [0.05, 0.1) is 25.8 Å². The minimum Gasteiger partial charge on any atom is -0.507 e. The highest BCUT2D eigenvalue weighted by atomic mass is 16.5. The summed E-state index contributed by atoms with van der Waals surface area (Å²) in [6.07, 6.45) is 3.30. The molecule has 1 unspecified atom stereocenters. The van der Waals surface area contributed by atoms with Gasteiger partial charge in [-0.1, -0.05) is 18.2 Å². The van der Waals surface area contributed by atoms with E-state index < -0.39 is 17.7 Å². The zero-order chi connectivity index (χ0) is 24.4. The van der Waals surface area contributed by atoms with Crippen LogP contribution in [0.4, 0.5) is 0 Å². The number of methoxy groups -OCH3 is 2. The maximum Gasteiger partial charge on any atom is 0.295 e. The number of aromatic nitrogens is 1. The van der Waals surface area contributed by atoms with Gasteiger partial charge in [0.1, 0.15) is 17.3 Å². The van der Waals surface area contributed by atoms with E-state index in [1.54, 1.807) is 69.1 Å². The Hall–Kier alpha value is -4.13. The summed E-state index contributed by atoms with van der Waals surface area (Å²) in [5.41, 5.74) is 3.53. The molecule has 1 N–H and O–H groups in total. The summed E-state index contributed by atoms with van der Waals surface area (Å²) in [5.74, 6) is -0.285. The fraction of sp³-hybridized carbons (Fsp3) is 0.222. The first-order valence-electron chi connectivity index (χ1n) is 10.8. The first-order valence-corrected chi connectivity index (χ1v) is 10.8. The molecule has 0 radical (unpaired) electrons. The Kier molecular flexibility index (Phi) is 6.36. The van der Waals surface area contributed by atoms with Crippen LogP contribution in [0.2, 0.25) is 0 Å². The second kappa shape index (κ2) is 9.39. The van der Waals surface area contributed by atoms with Gasteiger partial charge in [-0.05, 0) is 66.4 Å². The molecule has 3 aromatic rings. The quantitative estimate of drug-likeness (QED) is 0.336. The molecule has 0 spiro atoms. The lowest BCUT2D eigenvalue weighted by atomic mass is 9.93. The molecule has 174 valence electrons. The smallest absolute Gasteiger partial charge is 0.295 e. The number of amides is 1. The lowest BCUT2D eigenvalue weighted by Gasteiger charge is -2.25. The highest BCUT2D eigenvalue weighted by Gasteiger charge is 2.46. The van der Waals surface area contributed by atoms with Gasteiger partial charge in [-0.3, -0.25) is 14.6 Å². The topological polar surface area (TPSA) is 89.0 Å². The predicted octanol–water partition coefficient (Wildman–Crippen LogP) is 4.34. The molecule has 2 aromatic carbocycles. The summed E-state index contributed by atoms with van der Waals surface area (Å²) in [6.45, 7) is 3.86. The zero-order valence-corrected chi connectivity index (χ0v) is 19.5. The first-order chi connectivity index (χ1) is 16.3. The maximum atomic E-state index is 13.3. The van der Waals surface area contributed by atoms with E-state index in [2.05, 4.69) is 4.98 Å². The Morgan fingerprint density at radius 1 is 1.03 bits per heavy atom. The molecule has 1 saturated heterocycles. The van der Waals surface area contributed by atoms with Crippen LogP contribution in [-0.4, -0.2) is 40.9 Å². The van der Waals surface area contributed by atoms with E-state index in [-0.39, 0.29) is 17.9 Å². The third-order valence-electron chi connectivity index (χ3n) is 6.04. The third-order valence-corrected chi connectivity index (χ3v) is 6.04. The predicted molar refractivity (Wildman–Crippen MR) is 128 cm³/mol. The summed E-state index contributed by atoms with van der Waals surface area (Å²) < 4.78 is 10.6. The van der Waals surface area contributed by atoms with Gasteiger partial charge in [-0.2, -0.15) is 0 Å². The number of nitrogens with zero attached hydrogens (tertiary/aromatic N) is 2. The SMILES string of the molecule is COc1ccc(C2/C(=C(\O)c3cc(C)c(OC)cc3C)C(=O)C(=O)N2Cc2cccnc2)cc1. The Bertz CT molecular complexity index is 1270. The number of aliphatic hydroxyl groups is 1. The maximum absolute atomic E-state index is 13.3. The van der Waals surface area contributed by atoms with E-state index >= 15 is 0 Å². The molecule has 1 amide bonds. The van der Waals surface area contributed by atoms with Crippen molar-refractivity contribution in [1.29, 1.82) is 0 Å². The molecule has 1 fully saturated rings. The molecule has 7 nitrogen and oxygen atoms in total. The number of hydrogen-bond donors (Lipinski definition) is 1. The molecule has 0 bridgehead atoms. The Morgan fingerprint density at radius 2 is 1.76 bits per heavy atom. The van der Waals surface area contributed by atoms with Crippen LogP contribution < -0.4 is 9.47 Å². The number of likely N-dealkylation sites (tertiary alicyclic amines) is 1. The Balaban J connectivity index is 1.89. The summed E-state index contributed by atoms with van der Waals surface area (Å²) >= 11 is 0. The average Bonchev–Trinajstić information content (AvgIpc) is 3.10. The molecule has 0 saturated carbocycles. The second-order valence-electron chi connectivity index (χ2n) is 8.20. The lowest BCUT2D eigenvalue weighted by molar-refractivity contribution is -0.140. The number of aryl methyl sites for hydroxylation is 2. The Labute approximate surface area is 198 Å². The summed E-state index contributed by atoms with van der Waals surface area (Å²) in [7, 11) is 3.15. The van der Waals surface area contributed by atoms with Crippen LogP contribution in [0.15, 0.2) is 66.5 Å². The van der Waals surface area contributed by atoms with Crippen LogP contribution in [0.3, 0.4) is 0 Å². The van der Waals surface area contributed by atoms with Crippen molar-refractivity contribution in [3.05, 3.63) is 94.3 Å². The van der Waals surface area contributed by atoms with Gasteiger partial charge in [-0.15, -0.1) is 0 Å². The molecule has 1 aliphatic rings. The molecular formula is C27H26N2O5. The molecule has 1 aliphatic heterocycles. The van der Waals surface area contributed by atoms with Crippen LogP contribution in [-0.2, 0) is 16.1 Å². The second-order valence-corrected chi connectivity index (χ2v) is 8.20. The molecule has 1 aromatic heterocycles. The normalized spacial score (nSPS) is 17.2. The number of ketones is 1. The van der Waals surface area contributed by atoms with Crippen molar-refractivity contribution in [1.82, 2.24) is 9.88 Å². The number of carbonyl (C=O) groups excluding carboxylic acids is 2. The van der Waals surface area contributed by atoms with Gasteiger partial charge >= 0.3 is 0 Å². The van der Waals surface area contributed by atoms with Crippen LogP contribution in [0, 0.1) is 13.8 Å². The number of ether oxygens (including phenoxy) is 2. The number of hydrogen-bond acceptors (Lipinski definition) is 6. The van der Waals surface area contributed by atoms with Crippen LogP contribution in [0.25, 0.3) is 5.76 Å². The van der Waals surface area contributed by atoms with Gasteiger partial charge in [0.25, 0.3) is 11.7 Å². The van der Waals surface area contributed by atoms with Crippen molar-refractivity contribution >= 4 is 17.4 Å². The zero-order valence-electron chi connectivity index (χ0n) is 19.5. The van der Waals surface area contributed by atoms with Crippen molar-refractivity contribution in [3.63, 3.8) is 0 Å². The van der Waals surface area contributed by atoms with Crippen LogP contribution in [0.1, 0.15) is 33.9 Å². The van der Waals surface area contributed by atoms with E-state index in [4.69, 9.17) is 9.47 Å². The largest absolute Gasteiger partial charge is 0.507 e. The molecule has 34 heavy (non-hydrogen) atoms. The minimum atomic E-state index is -0.770.